The van der Waals surface area contributed by atoms with E-state index in [1.807, 2.05) is 17.8 Å². The highest BCUT2D eigenvalue weighted by Gasteiger charge is 2.26. The smallest absolute Gasteiger partial charge is 0.338 e. The number of methoxy groups -OCH3 is 1. The molecule has 0 radical (unpaired) electrons. The van der Waals surface area contributed by atoms with E-state index in [4.69, 9.17) is 4.74 Å². The third-order valence-corrected chi connectivity index (χ3v) is 4.68. The van der Waals surface area contributed by atoms with Crippen molar-refractivity contribution in [3.05, 3.63) is 23.9 Å². The van der Waals surface area contributed by atoms with Crippen LogP contribution in [0.2, 0.25) is 0 Å². The minimum absolute atomic E-state index is 0.314. The summed E-state index contributed by atoms with van der Waals surface area (Å²) in [5, 5.41) is 0.572. The lowest BCUT2D eigenvalue weighted by molar-refractivity contribution is 0.0600. The highest BCUT2D eigenvalue weighted by atomic mass is 32.2. The maximum atomic E-state index is 11.5. The number of thioether (sulfide) groups is 1. The quantitative estimate of drug-likeness (QED) is 0.768. The van der Waals surface area contributed by atoms with Gasteiger partial charge >= 0.3 is 5.97 Å². The molecule has 0 saturated carbocycles. The highest BCUT2D eigenvalue weighted by molar-refractivity contribution is 8.00. The SMILES string of the molecule is COC(=O)c1ccnc(N2CCSC(C)C2C)c1. The summed E-state index contributed by atoms with van der Waals surface area (Å²) in [6.45, 7) is 5.39. The van der Waals surface area contributed by atoms with Crippen LogP contribution < -0.4 is 4.90 Å². The molecule has 1 aromatic heterocycles. The van der Waals surface area contributed by atoms with E-state index in [1.54, 1.807) is 12.3 Å². The molecule has 0 spiro atoms. The first-order valence-electron chi connectivity index (χ1n) is 6.06. The Morgan fingerprint density at radius 3 is 3.06 bits per heavy atom. The summed E-state index contributed by atoms with van der Waals surface area (Å²) < 4.78 is 4.74. The summed E-state index contributed by atoms with van der Waals surface area (Å²) in [5.74, 6) is 1.64. The molecule has 0 bridgehead atoms. The third kappa shape index (κ3) is 2.61. The molecular weight excluding hydrogens is 248 g/mol. The Bertz CT molecular complexity index is 439. The van der Waals surface area contributed by atoms with Gasteiger partial charge in [0.1, 0.15) is 5.82 Å². The number of carbonyl (C=O) groups excluding carboxylic acids is 1. The van der Waals surface area contributed by atoms with Gasteiger partial charge in [-0.15, -0.1) is 0 Å². The minimum Gasteiger partial charge on any atom is -0.465 e. The van der Waals surface area contributed by atoms with Crippen LogP contribution in [-0.4, -0.2) is 41.7 Å². The molecule has 18 heavy (non-hydrogen) atoms. The van der Waals surface area contributed by atoms with E-state index >= 15 is 0 Å². The molecule has 98 valence electrons. The fourth-order valence-electron chi connectivity index (χ4n) is 2.08. The number of ether oxygens (including phenoxy) is 1. The third-order valence-electron chi connectivity index (χ3n) is 3.34. The summed E-state index contributed by atoms with van der Waals surface area (Å²) in [6.07, 6.45) is 1.67. The minimum atomic E-state index is -0.314. The van der Waals surface area contributed by atoms with Crippen LogP contribution in [0, 0.1) is 0 Å². The highest BCUT2D eigenvalue weighted by Crippen LogP contribution is 2.28. The molecule has 1 aromatic rings. The van der Waals surface area contributed by atoms with Gasteiger partial charge in [0.05, 0.1) is 12.7 Å². The van der Waals surface area contributed by atoms with E-state index < -0.39 is 0 Å². The number of nitrogens with zero attached hydrogens (tertiary/aromatic N) is 2. The Morgan fingerprint density at radius 2 is 2.33 bits per heavy atom. The maximum absolute atomic E-state index is 11.5. The Labute approximate surface area is 112 Å². The summed E-state index contributed by atoms with van der Waals surface area (Å²) >= 11 is 1.98. The predicted octanol–water partition coefficient (Wildman–Crippen LogP) is 2.20. The lowest BCUT2D eigenvalue weighted by Crippen LogP contribution is -2.45. The van der Waals surface area contributed by atoms with Gasteiger partial charge in [-0.05, 0) is 19.1 Å². The summed E-state index contributed by atoms with van der Waals surface area (Å²) in [6, 6.07) is 3.91. The monoisotopic (exact) mass is 266 g/mol. The van der Waals surface area contributed by atoms with E-state index in [0.717, 1.165) is 18.1 Å². The first kappa shape index (κ1) is 13.2. The number of rotatable bonds is 2. The topological polar surface area (TPSA) is 42.4 Å². The molecule has 1 aliphatic heterocycles. The van der Waals surface area contributed by atoms with Crippen molar-refractivity contribution >= 4 is 23.5 Å². The lowest BCUT2D eigenvalue weighted by atomic mass is 10.2. The van der Waals surface area contributed by atoms with Gasteiger partial charge in [-0.2, -0.15) is 11.8 Å². The average molecular weight is 266 g/mol. The second kappa shape index (κ2) is 5.61. The van der Waals surface area contributed by atoms with Gasteiger partial charge in [0.15, 0.2) is 0 Å². The number of esters is 1. The van der Waals surface area contributed by atoms with Crippen molar-refractivity contribution in [1.29, 1.82) is 0 Å². The van der Waals surface area contributed by atoms with Crippen molar-refractivity contribution in [2.45, 2.75) is 25.1 Å². The number of carbonyl (C=O) groups is 1. The normalized spacial score (nSPS) is 23.8. The Hall–Kier alpha value is -1.23. The molecule has 0 amide bonds. The largest absolute Gasteiger partial charge is 0.465 e. The fraction of sp³-hybridized carbons (Fsp3) is 0.538. The molecule has 5 heteroatoms. The van der Waals surface area contributed by atoms with Crippen LogP contribution in [-0.2, 0) is 4.74 Å². The maximum Gasteiger partial charge on any atom is 0.338 e. The molecule has 0 aliphatic carbocycles. The van der Waals surface area contributed by atoms with Crippen molar-refractivity contribution < 1.29 is 9.53 Å². The molecule has 0 aromatic carbocycles. The number of anilines is 1. The molecule has 2 rings (SSSR count). The predicted molar refractivity (Wildman–Crippen MR) is 74.3 cm³/mol. The van der Waals surface area contributed by atoms with Crippen molar-refractivity contribution in [2.24, 2.45) is 0 Å². The van der Waals surface area contributed by atoms with E-state index in [-0.39, 0.29) is 5.97 Å². The molecule has 1 fully saturated rings. The van der Waals surface area contributed by atoms with Crippen molar-refractivity contribution in [3.8, 4) is 0 Å². The molecule has 2 heterocycles. The van der Waals surface area contributed by atoms with Crippen LogP contribution >= 0.6 is 11.8 Å². The second-order valence-electron chi connectivity index (χ2n) is 4.40. The Kier molecular flexibility index (Phi) is 4.11. The first-order chi connectivity index (χ1) is 8.63. The second-order valence-corrected chi connectivity index (χ2v) is 5.89. The molecule has 2 unspecified atom stereocenters. The van der Waals surface area contributed by atoms with E-state index in [2.05, 4.69) is 23.7 Å². The van der Waals surface area contributed by atoms with Crippen LogP contribution in [0.15, 0.2) is 18.3 Å². The molecule has 4 nitrogen and oxygen atoms in total. The number of hydrogen-bond donors (Lipinski definition) is 0. The van der Waals surface area contributed by atoms with Gasteiger partial charge in [0.2, 0.25) is 0 Å². The van der Waals surface area contributed by atoms with Gasteiger partial charge in [-0.25, -0.2) is 9.78 Å². The molecule has 1 aliphatic rings. The molecule has 0 N–H and O–H groups in total. The summed E-state index contributed by atoms with van der Waals surface area (Å²) in [4.78, 5) is 18.2. The van der Waals surface area contributed by atoms with Crippen LogP contribution in [0.5, 0.6) is 0 Å². The van der Waals surface area contributed by atoms with Gasteiger partial charge < -0.3 is 9.64 Å². The summed E-state index contributed by atoms with van der Waals surface area (Å²) in [5.41, 5.74) is 0.556. The van der Waals surface area contributed by atoms with Gasteiger partial charge in [0.25, 0.3) is 0 Å². The van der Waals surface area contributed by atoms with Crippen molar-refractivity contribution in [3.63, 3.8) is 0 Å². The van der Waals surface area contributed by atoms with Crippen molar-refractivity contribution in [1.82, 2.24) is 4.98 Å². The number of aromatic nitrogens is 1. The van der Waals surface area contributed by atoms with Crippen LogP contribution in [0.25, 0.3) is 0 Å². The molecule has 1 saturated heterocycles. The van der Waals surface area contributed by atoms with E-state index in [1.165, 1.54) is 7.11 Å². The Balaban J connectivity index is 2.25. The molecular formula is C13H18N2O2S. The average Bonchev–Trinajstić information content (AvgIpc) is 2.41. The van der Waals surface area contributed by atoms with Crippen LogP contribution in [0.3, 0.4) is 0 Å². The van der Waals surface area contributed by atoms with E-state index in [0.29, 0.717) is 16.9 Å². The lowest BCUT2D eigenvalue weighted by Gasteiger charge is -2.38. The molecule has 2 atom stereocenters. The van der Waals surface area contributed by atoms with Crippen LogP contribution in [0.1, 0.15) is 24.2 Å². The standard InChI is InChI=1S/C13H18N2O2S/c1-9-10(2)18-7-6-15(9)12-8-11(4-5-14-12)13(16)17-3/h4-5,8-10H,6-7H2,1-3H3. The number of hydrogen-bond acceptors (Lipinski definition) is 5. The van der Waals surface area contributed by atoms with Gasteiger partial charge in [-0.3, -0.25) is 0 Å². The van der Waals surface area contributed by atoms with Crippen LogP contribution in [0.4, 0.5) is 5.82 Å². The van der Waals surface area contributed by atoms with E-state index in [9.17, 15) is 4.79 Å². The summed E-state index contributed by atoms with van der Waals surface area (Å²) in [7, 11) is 1.39. The zero-order valence-corrected chi connectivity index (χ0v) is 11.7. The Morgan fingerprint density at radius 1 is 1.56 bits per heavy atom. The van der Waals surface area contributed by atoms with Gasteiger partial charge in [0, 0.05) is 29.8 Å². The zero-order chi connectivity index (χ0) is 13.1. The van der Waals surface area contributed by atoms with Crippen molar-refractivity contribution in [2.75, 3.05) is 24.3 Å². The zero-order valence-electron chi connectivity index (χ0n) is 10.9. The van der Waals surface area contributed by atoms with Gasteiger partial charge in [-0.1, -0.05) is 6.92 Å². The number of pyridine rings is 1. The first-order valence-corrected chi connectivity index (χ1v) is 7.11. The fourth-order valence-corrected chi connectivity index (χ4v) is 3.18.